The van der Waals surface area contributed by atoms with Crippen LogP contribution in [0.3, 0.4) is 0 Å². The third-order valence-electron chi connectivity index (χ3n) is 6.63. The summed E-state index contributed by atoms with van der Waals surface area (Å²) in [6, 6.07) is 9.63. The third kappa shape index (κ3) is 4.59. The van der Waals surface area contributed by atoms with Gasteiger partial charge in [-0.3, -0.25) is 9.69 Å². The monoisotopic (exact) mass is 469 g/mol. The van der Waals surface area contributed by atoms with Crippen molar-refractivity contribution in [1.29, 1.82) is 0 Å². The summed E-state index contributed by atoms with van der Waals surface area (Å²) in [7, 11) is 1.57. The number of aryl methyl sites for hydroxylation is 1. The van der Waals surface area contributed by atoms with Crippen LogP contribution in [0.2, 0.25) is 0 Å². The van der Waals surface area contributed by atoms with E-state index in [4.69, 9.17) is 12.2 Å². The highest BCUT2D eigenvalue weighted by Crippen LogP contribution is 2.35. The fourth-order valence-corrected chi connectivity index (χ4v) is 5.12. The smallest absolute Gasteiger partial charge is 0.269 e. The highest BCUT2D eigenvalue weighted by molar-refractivity contribution is 7.80. The summed E-state index contributed by atoms with van der Waals surface area (Å²) in [4.78, 5) is 20.9. The van der Waals surface area contributed by atoms with E-state index in [1.54, 1.807) is 18.0 Å². The Morgan fingerprint density at radius 1 is 1.30 bits per heavy atom. The van der Waals surface area contributed by atoms with E-state index in [1.807, 2.05) is 32.0 Å². The third-order valence-corrected chi connectivity index (χ3v) is 7.09. The molecule has 0 spiro atoms. The molecule has 2 aliphatic heterocycles. The lowest BCUT2D eigenvalue weighted by Crippen LogP contribution is -2.48. The van der Waals surface area contributed by atoms with E-state index in [2.05, 4.69) is 26.6 Å². The van der Waals surface area contributed by atoms with Crippen molar-refractivity contribution >= 4 is 28.8 Å². The van der Waals surface area contributed by atoms with Gasteiger partial charge in [-0.05, 0) is 50.5 Å². The number of fused-ring (bicyclic) bond motifs is 1. The summed E-state index contributed by atoms with van der Waals surface area (Å²) in [6.07, 6.45) is 0.361. The molecule has 1 atom stereocenters. The summed E-state index contributed by atoms with van der Waals surface area (Å²) in [5.41, 5.74) is 3.77. The molecule has 9 heteroatoms. The Labute approximate surface area is 199 Å². The quantitative estimate of drug-likeness (QED) is 0.493. The minimum Gasteiger partial charge on any atom is -0.385 e. The van der Waals surface area contributed by atoms with Crippen molar-refractivity contribution in [2.75, 3.05) is 32.0 Å². The summed E-state index contributed by atoms with van der Waals surface area (Å²) in [5.74, 6) is -0.235. The first-order valence-corrected chi connectivity index (χ1v) is 11.7. The van der Waals surface area contributed by atoms with Gasteiger partial charge in [0, 0.05) is 55.7 Å². The average molecular weight is 470 g/mol. The molecule has 0 bridgehead atoms. The molecule has 2 aromatic rings. The number of piperidine rings is 1. The predicted molar refractivity (Wildman–Crippen MR) is 131 cm³/mol. The number of thiocarbonyl (C=S) groups is 1. The lowest BCUT2D eigenvalue weighted by Gasteiger charge is -2.39. The first-order chi connectivity index (χ1) is 15.8. The number of hydrogen-bond donors (Lipinski definition) is 4. The van der Waals surface area contributed by atoms with E-state index in [9.17, 15) is 15.0 Å². The molecule has 1 unspecified atom stereocenters. The van der Waals surface area contributed by atoms with Crippen LogP contribution in [-0.2, 0) is 12.1 Å². The molecule has 4 N–H and O–H groups in total. The number of carbonyl (C=O) groups is 1. The molecule has 1 aromatic carbocycles. The summed E-state index contributed by atoms with van der Waals surface area (Å²) in [5, 5.41) is 27.3. The lowest BCUT2D eigenvalue weighted by atomic mass is 9.83. The maximum atomic E-state index is 11.8. The molecule has 0 radical (unpaired) electrons. The highest BCUT2D eigenvalue weighted by atomic mass is 32.1. The van der Waals surface area contributed by atoms with Crippen molar-refractivity contribution in [3.05, 3.63) is 58.4 Å². The van der Waals surface area contributed by atoms with Crippen molar-refractivity contribution in [3.8, 4) is 0 Å². The number of rotatable bonds is 5. The van der Waals surface area contributed by atoms with Crippen molar-refractivity contribution in [1.82, 2.24) is 20.1 Å². The molecule has 33 heavy (non-hydrogen) atoms. The number of pyridine rings is 1. The maximum absolute atomic E-state index is 11.8. The SMILES string of the molecule is CCN1C(=S)c2ccc(CN3CCC(O)(c4ccc(C(=O)NC)nc4C)CC3)cc2NC1O. The minimum atomic E-state index is -0.952. The predicted octanol–water partition coefficient (Wildman–Crippen LogP) is 1.93. The zero-order valence-corrected chi connectivity index (χ0v) is 20.1. The topological polar surface area (TPSA) is 101 Å². The number of anilines is 1. The molecule has 1 aromatic heterocycles. The number of benzene rings is 1. The second-order valence-corrected chi connectivity index (χ2v) is 9.09. The fourth-order valence-electron chi connectivity index (χ4n) is 4.71. The Bertz CT molecular complexity index is 1070. The first kappa shape index (κ1) is 23.6. The van der Waals surface area contributed by atoms with E-state index >= 15 is 0 Å². The number of amides is 1. The second kappa shape index (κ2) is 9.34. The number of aliphatic hydroxyl groups excluding tert-OH is 1. The standard InChI is InChI=1S/C24H31N5O3S/c1-4-29-22(33)17-6-5-16(13-20(17)27-23(29)31)14-28-11-9-24(32,10-12-28)18-7-8-19(21(30)25-3)26-15(18)2/h5-8,13,23,27,31-32H,4,9-12,14H2,1-3H3,(H,25,30). The highest BCUT2D eigenvalue weighted by Gasteiger charge is 2.36. The van der Waals surface area contributed by atoms with Crippen molar-refractivity contribution in [2.24, 2.45) is 0 Å². The van der Waals surface area contributed by atoms with Gasteiger partial charge in [0.25, 0.3) is 5.91 Å². The number of likely N-dealkylation sites (tertiary alicyclic amines) is 1. The first-order valence-electron chi connectivity index (χ1n) is 11.3. The molecule has 0 saturated carbocycles. The van der Waals surface area contributed by atoms with Crippen LogP contribution in [-0.4, -0.2) is 68.9 Å². The van der Waals surface area contributed by atoms with Gasteiger partial charge in [-0.1, -0.05) is 24.4 Å². The summed E-state index contributed by atoms with van der Waals surface area (Å²) < 4.78 is 0. The van der Waals surface area contributed by atoms with E-state index in [0.29, 0.717) is 35.8 Å². The van der Waals surface area contributed by atoms with Gasteiger partial charge in [0.2, 0.25) is 6.35 Å². The number of aromatic nitrogens is 1. The maximum Gasteiger partial charge on any atom is 0.269 e. The Balaban J connectivity index is 1.42. The van der Waals surface area contributed by atoms with Gasteiger partial charge in [0.15, 0.2) is 0 Å². The molecule has 4 rings (SSSR count). The summed E-state index contributed by atoms with van der Waals surface area (Å²) >= 11 is 5.53. The van der Waals surface area contributed by atoms with Crippen LogP contribution in [0.5, 0.6) is 0 Å². The second-order valence-electron chi connectivity index (χ2n) is 8.71. The van der Waals surface area contributed by atoms with Crippen LogP contribution in [0.4, 0.5) is 5.69 Å². The van der Waals surface area contributed by atoms with Gasteiger partial charge >= 0.3 is 0 Å². The molecule has 1 saturated heterocycles. The van der Waals surface area contributed by atoms with Gasteiger partial charge in [-0.2, -0.15) is 0 Å². The molecule has 1 fully saturated rings. The lowest BCUT2D eigenvalue weighted by molar-refractivity contribution is -0.0285. The van der Waals surface area contributed by atoms with Crippen LogP contribution in [0.1, 0.15) is 52.6 Å². The molecular weight excluding hydrogens is 438 g/mol. The average Bonchev–Trinajstić information content (AvgIpc) is 2.80. The Morgan fingerprint density at radius 3 is 2.67 bits per heavy atom. The number of hydrogen-bond acceptors (Lipinski definition) is 7. The largest absolute Gasteiger partial charge is 0.385 e. The minimum absolute atomic E-state index is 0.235. The van der Waals surface area contributed by atoms with Crippen LogP contribution < -0.4 is 10.6 Å². The number of nitrogens with zero attached hydrogens (tertiary/aromatic N) is 3. The normalized spacial score (nSPS) is 20.2. The van der Waals surface area contributed by atoms with Gasteiger partial charge in [-0.15, -0.1) is 0 Å². The van der Waals surface area contributed by atoms with E-state index in [1.165, 1.54) is 0 Å². The van der Waals surface area contributed by atoms with Crippen molar-refractivity contribution in [2.45, 2.75) is 45.2 Å². The zero-order valence-electron chi connectivity index (χ0n) is 19.3. The zero-order chi connectivity index (χ0) is 23.8. The summed E-state index contributed by atoms with van der Waals surface area (Å²) in [6.45, 7) is 6.66. The van der Waals surface area contributed by atoms with Gasteiger partial charge < -0.3 is 25.7 Å². The van der Waals surface area contributed by atoms with Crippen molar-refractivity contribution < 1.29 is 15.0 Å². The van der Waals surface area contributed by atoms with Gasteiger partial charge in [0.05, 0.1) is 5.60 Å². The number of carbonyl (C=O) groups excluding carboxylic acids is 1. The van der Waals surface area contributed by atoms with Gasteiger partial charge in [-0.25, -0.2) is 4.98 Å². The van der Waals surface area contributed by atoms with Crippen LogP contribution in [0.25, 0.3) is 0 Å². The van der Waals surface area contributed by atoms with Crippen LogP contribution in [0.15, 0.2) is 30.3 Å². The molecule has 0 aliphatic carbocycles. The number of aliphatic hydroxyl groups is 2. The molecular formula is C24H31N5O3S. The van der Waals surface area contributed by atoms with Crippen LogP contribution in [0, 0.1) is 6.92 Å². The van der Waals surface area contributed by atoms with E-state index < -0.39 is 12.0 Å². The molecule has 1 amide bonds. The van der Waals surface area contributed by atoms with Crippen molar-refractivity contribution in [3.63, 3.8) is 0 Å². The Kier molecular flexibility index (Phi) is 6.67. The number of nitrogens with one attached hydrogen (secondary N) is 2. The van der Waals surface area contributed by atoms with Crippen LogP contribution >= 0.6 is 12.2 Å². The van der Waals surface area contributed by atoms with Gasteiger partial charge in [0.1, 0.15) is 10.7 Å². The fraction of sp³-hybridized carbons (Fsp3) is 0.458. The Morgan fingerprint density at radius 2 is 2.03 bits per heavy atom. The molecule has 2 aliphatic rings. The molecule has 176 valence electrons. The molecule has 8 nitrogen and oxygen atoms in total. The van der Waals surface area contributed by atoms with E-state index in [0.717, 1.165) is 42.0 Å². The van der Waals surface area contributed by atoms with E-state index in [-0.39, 0.29) is 5.91 Å². The molecule has 3 heterocycles. The Hall–Kier alpha value is -2.59.